The van der Waals surface area contributed by atoms with Crippen LogP contribution in [0, 0.1) is 0 Å². The molecule has 0 aromatic rings. The lowest BCUT2D eigenvalue weighted by Gasteiger charge is -2.08. The molecule has 0 aliphatic carbocycles. The van der Waals surface area contributed by atoms with E-state index < -0.39 is 5.97 Å². The first-order chi connectivity index (χ1) is 14.8. The monoisotopic (exact) mass is 436 g/mol. The number of carbonyl (C=O) groups is 1. The second kappa shape index (κ2) is 26.3. The molecule has 180 valence electrons. The minimum absolute atomic E-state index is 0.264. The van der Waals surface area contributed by atoms with Crippen LogP contribution in [0.5, 0.6) is 0 Å². The van der Waals surface area contributed by atoms with Crippen molar-refractivity contribution < 1.29 is 38.3 Å². The van der Waals surface area contributed by atoms with E-state index in [2.05, 4.69) is 6.92 Å². The molecular formula is C22H44O8. The Labute approximate surface area is 182 Å². The number of hydrogen-bond donors (Lipinski definition) is 1. The van der Waals surface area contributed by atoms with Crippen molar-refractivity contribution in [3.63, 3.8) is 0 Å². The largest absolute Gasteiger partial charge is 0.480 e. The molecule has 0 unspecified atom stereocenters. The molecule has 0 saturated carbocycles. The van der Waals surface area contributed by atoms with Gasteiger partial charge in [-0.2, -0.15) is 0 Å². The van der Waals surface area contributed by atoms with E-state index in [1.54, 1.807) is 0 Å². The smallest absolute Gasteiger partial charge is 0.329 e. The van der Waals surface area contributed by atoms with E-state index in [9.17, 15) is 4.79 Å². The van der Waals surface area contributed by atoms with Gasteiger partial charge in [0.2, 0.25) is 0 Å². The van der Waals surface area contributed by atoms with E-state index in [-0.39, 0.29) is 13.2 Å². The van der Waals surface area contributed by atoms with E-state index in [1.807, 2.05) is 0 Å². The molecule has 0 fully saturated rings. The molecule has 0 heterocycles. The number of carboxylic acid groups (broad SMARTS) is 1. The molecule has 1 N–H and O–H groups in total. The van der Waals surface area contributed by atoms with Gasteiger partial charge < -0.3 is 33.5 Å². The lowest BCUT2D eigenvalue weighted by molar-refractivity contribution is -0.142. The molecule has 0 aromatic heterocycles. The van der Waals surface area contributed by atoms with Crippen molar-refractivity contribution in [3.8, 4) is 0 Å². The Morgan fingerprint density at radius 2 is 0.833 bits per heavy atom. The van der Waals surface area contributed by atoms with E-state index in [1.165, 1.54) is 44.9 Å². The van der Waals surface area contributed by atoms with Crippen LogP contribution in [0.3, 0.4) is 0 Å². The normalized spacial score (nSPS) is 11.2. The van der Waals surface area contributed by atoms with Crippen LogP contribution in [0.4, 0.5) is 0 Å². The first-order valence-corrected chi connectivity index (χ1v) is 11.5. The molecule has 0 aromatic carbocycles. The standard InChI is InChI=1S/C22H44O8/c1-2-3-4-5-6-7-8-9-10-25-11-12-26-13-14-27-15-16-28-17-18-29-19-20-30-21-22(23)24/h2-21H2,1H3,(H,23,24). The minimum atomic E-state index is -0.980. The van der Waals surface area contributed by atoms with E-state index >= 15 is 0 Å². The van der Waals surface area contributed by atoms with Gasteiger partial charge in [-0.25, -0.2) is 4.79 Å². The number of unbranched alkanes of at least 4 members (excludes halogenated alkanes) is 7. The van der Waals surface area contributed by atoms with Crippen LogP contribution >= 0.6 is 0 Å². The van der Waals surface area contributed by atoms with Gasteiger partial charge in [0.25, 0.3) is 0 Å². The summed E-state index contributed by atoms with van der Waals surface area (Å²) < 4.78 is 31.9. The Bertz CT molecular complexity index is 341. The third-order valence-electron chi connectivity index (χ3n) is 4.23. The van der Waals surface area contributed by atoms with Crippen LogP contribution in [0.15, 0.2) is 0 Å². The third kappa shape index (κ3) is 27.2. The van der Waals surface area contributed by atoms with Crippen LogP contribution in [-0.2, 0) is 33.2 Å². The lowest BCUT2D eigenvalue weighted by atomic mass is 10.1. The average Bonchev–Trinajstić information content (AvgIpc) is 2.73. The van der Waals surface area contributed by atoms with Crippen molar-refractivity contribution in [3.05, 3.63) is 0 Å². The van der Waals surface area contributed by atoms with E-state index in [4.69, 9.17) is 33.5 Å². The zero-order chi connectivity index (χ0) is 22.0. The predicted octanol–water partition coefficient (Wildman–Crippen LogP) is 3.31. The summed E-state index contributed by atoms with van der Waals surface area (Å²) in [6.07, 6.45) is 10.5. The topological polar surface area (TPSA) is 92.7 Å². The molecule has 0 saturated heterocycles. The van der Waals surface area contributed by atoms with Gasteiger partial charge in [0.1, 0.15) is 6.61 Å². The van der Waals surface area contributed by atoms with Crippen LogP contribution in [-0.4, -0.2) is 90.4 Å². The Morgan fingerprint density at radius 1 is 0.500 bits per heavy atom. The molecule has 0 bridgehead atoms. The van der Waals surface area contributed by atoms with Crippen molar-refractivity contribution in [2.75, 3.05) is 79.3 Å². The zero-order valence-corrected chi connectivity index (χ0v) is 18.9. The molecule has 0 aliphatic heterocycles. The molecule has 0 rings (SSSR count). The number of carboxylic acids is 1. The molecule has 0 aliphatic rings. The second-order valence-corrected chi connectivity index (χ2v) is 6.98. The van der Waals surface area contributed by atoms with Gasteiger partial charge in [0.15, 0.2) is 0 Å². The Hall–Kier alpha value is -0.770. The van der Waals surface area contributed by atoms with Crippen molar-refractivity contribution in [2.45, 2.75) is 58.3 Å². The summed E-state index contributed by atoms with van der Waals surface area (Å²) in [7, 11) is 0. The molecular weight excluding hydrogens is 392 g/mol. The lowest BCUT2D eigenvalue weighted by Crippen LogP contribution is -2.15. The van der Waals surface area contributed by atoms with Crippen molar-refractivity contribution >= 4 is 5.97 Å². The molecule has 0 amide bonds. The van der Waals surface area contributed by atoms with Crippen molar-refractivity contribution in [2.24, 2.45) is 0 Å². The quantitative estimate of drug-likeness (QED) is 0.207. The molecule has 0 radical (unpaired) electrons. The van der Waals surface area contributed by atoms with Crippen molar-refractivity contribution in [1.29, 1.82) is 0 Å². The Kier molecular flexibility index (Phi) is 25.6. The predicted molar refractivity (Wildman–Crippen MR) is 115 cm³/mol. The van der Waals surface area contributed by atoms with Gasteiger partial charge in [-0.15, -0.1) is 0 Å². The molecule has 0 spiro atoms. The van der Waals surface area contributed by atoms with Crippen LogP contribution in [0.25, 0.3) is 0 Å². The summed E-state index contributed by atoms with van der Waals surface area (Å²) in [4.78, 5) is 10.2. The highest BCUT2D eigenvalue weighted by molar-refractivity contribution is 5.67. The highest BCUT2D eigenvalue weighted by atomic mass is 16.6. The number of rotatable bonds is 26. The number of hydrogen-bond acceptors (Lipinski definition) is 7. The summed E-state index contributed by atoms with van der Waals surface area (Å²) in [5, 5.41) is 8.39. The average molecular weight is 437 g/mol. The van der Waals surface area contributed by atoms with Gasteiger partial charge in [-0.1, -0.05) is 51.9 Å². The maximum Gasteiger partial charge on any atom is 0.329 e. The summed E-state index contributed by atoms with van der Waals surface area (Å²) in [5.41, 5.74) is 0. The van der Waals surface area contributed by atoms with E-state index in [0.717, 1.165) is 13.0 Å². The first-order valence-electron chi connectivity index (χ1n) is 11.5. The fraction of sp³-hybridized carbons (Fsp3) is 0.955. The van der Waals surface area contributed by atoms with Crippen LogP contribution in [0.2, 0.25) is 0 Å². The molecule has 0 atom stereocenters. The second-order valence-electron chi connectivity index (χ2n) is 6.98. The first kappa shape index (κ1) is 29.2. The fourth-order valence-electron chi connectivity index (χ4n) is 2.60. The van der Waals surface area contributed by atoms with Crippen LogP contribution < -0.4 is 0 Å². The molecule has 8 heteroatoms. The highest BCUT2D eigenvalue weighted by Crippen LogP contribution is 2.08. The summed E-state index contributed by atoms with van der Waals surface area (Å²) in [5.74, 6) is -0.980. The Morgan fingerprint density at radius 3 is 1.23 bits per heavy atom. The molecule has 8 nitrogen and oxygen atoms in total. The highest BCUT2D eigenvalue weighted by Gasteiger charge is 1.97. The Balaban J connectivity index is 2.99. The van der Waals surface area contributed by atoms with Gasteiger partial charge >= 0.3 is 5.97 Å². The van der Waals surface area contributed by atoms with Gasteiger partial charge in [0.05, 0.1) is 66.1 Å². The van der Waals surface area contributed by atoms with Gasteiger partial charge in [0, 0.05) is 6.61 Å². The number of ether oxygens (including phenoxy) is 6. The van der Waals surface area contributed by atoms with Crippen LogP contribution in [0.1, 0.15) is 58.3 Å². The third-order valence-corrected chi connectivity index (χ3v) is 4.23. The molecule has 30 heavy (non-hydrogen) atoms. The summed E-state index contributed by atoms with van der Waals surface area (Å²) in [6, 6.07) is 0. The minimum Gasteiger partial charge on any atom is -0.480 e. The fourth-order valence-corrected chi connectivity index (χ4v) is 2.60. The van der Waals surface area contributed by atoms with E-state index in [0.29, 0.717) is 59.5 Å². The number of aliphatic carboxylic acids is 1. The summed E-state index contributed by atoms with van der Waals surface area (Å²) in [6.45, 7) is 7.66. The summed E-state index contributed by atoms with van der Waals surface area (Å²) >= 11 is 0. The maximum absolute atomic E-state index is 10.2. The van der Waals surface area contributed by atoms with Gasteiger partial charge in [-0.05, 0) is 6.42 Å². The van der Waals surface area contributed by atoms with Crippen molar-refractivity contribution in [1.82, 2.24) is 0 Å². The maximum atomic E-state index is 10.2. The zero-order valence-electron chi connectivity index (χ0n) is 18.9. The SMILES string of the molecule is CCCCCCCCCCOCCOCCOCCOCCOCCOCC(=O)O. The van der Waals surface area contributed by atoms with Gasteiger partial charge in [-0.3, -0.25) is 0 Å².